The van der Waals surface area contributed by atoms with Gasteiger partial charge in [0.1, 0.15) is 0 Å². The van der Waals surface area contributed by atoms with Crippen LogP contribution in [0, 0.1) is 11.8 Å². The molecule has 1 aliphatic carbocycles. The van der Waals surface area contributed by atoms with Crippen LogP contribution in [0.1, 0.15) is 89.0 Å². The van der Waals surface area contributed by atoms with Crippen molar-refractivity contribution in [2.24, 2.45) is 11.8 Å². The molecule has 3 aromatic carbocycles. The molecule has 1 saturated carbocycles. The maximum Gasteiger partial charge on any atom is 0.232 e. The van der Waals surface area contributed by atoms with E-state index in [1.807, 2.05) is 48.2 Å². The number of benzene rings is 3. The summed E-state index contributed by atoms with van der Waals surface area (Å²) in [5, 5.41) is 3.88. The van der Waals surface area contributed by atoms with Gasteiger partial charge in [-0.2, -0.15) is 0 Å². The van der Waals surface area contributed by atoms with Gasteiger partial charge in [-0.1, -0.05) is 44.5 Å². The summed E-state index contributed by atoms with van der Waals surface area (Å²) < 4.78 is 12.0. The first-order valence-corrected chi connectivity index (χ1v) is 17.5. The fraction of sp³-hybridized carbons (Fsp3) is 0.487. The van der Waals surface area contributed by atoms with Crippen LogP contribution in [-0.2, 0) is 16.0 Å². The van der Waals surface area contributed by atoms with E-state index in [9.17, 15) is 9.59 Å². The van der Waals surface area contributed by atoms with Crippen LogP contribution in [-0.4, -0.2) is 44.7 Å². The van der Waals surface area contributed by atoms with Crippen LogP contribution in [0.4, 0.5) is 11.4 Å². The smallest absolute Gasteiger partial charge is 0.232 e. The second-order valence-electron chi connectivity index (χ2n) is 13.7. The van der Waals surface area contributed by atoms with Gasteiger partial charge in [0.25, 0.3) is 0 Å². The van der Waals surface area contributed by atoms with Crippen LogP contribution >= 0.6 is 11.6 Å². The molecule has 1 fully saturated rings. The number of amides is 2. The number of methoxy groups -OCH3 is 1. The van der Waals surface area contributed by atoms with E-state index in [-0.39, 0.29) is 30.4 Å². The summed E-state index contributed by atoms with van der Waals surface area (Å²) in [4.78, 5) is 30.4. The van der Waals surface area contributed by atoms with Gasteiger partial charge in [0.2, 0.25) is 11.8 Å². The van der Waals surface area contributed by atoms with Crippen LogP contribution in [0.25, 0.3) is 0 Å². The third-order valence-corrected chi connectivity index (χ3v) is 9.84. The number of anilines is 2. The Morgan fingerprint density at radius 3 is 2.30 bits per heavy atom. The third kappa shape index (κ3) is 8.42. The van der Waals surface area contributed by atoms with Crippen molar-refractivity contribution in [2.75, 3.05) is 30.5 Å². The molecule has 0 spiro atoms. The van der Waals surface area contributed by atoms with Gasteiger partial charge in [-0.05, 0) is 116 Å². The fourth-order valence-electron chi connectivity index (χ4n) is 6.88. The summed E-state index contributed by atoms with van der Waals surface area (Å²) in [6, 6.07) is 20.0. The van der Waals surface area contributed by atoms with Gasteiger partial charge < -0.3 is 24.6 Å². The van der Waals surface area contributed by atoms with Gasteiger partial charge >= 0.3 is 0 Å². The molecule has 0 bridgehead atoms. The number of fused-ring (bicyclic) bond motifs is 1. The number of ether oxygens (including phenoxy) is 2. The molecule has 0 saturated heterocycles. The molecule has 1 aliphatic heterocycles. The zero-order chi connectivity index (χ0) is 33.7. The van der Waals surface area contributed by atoms with Gasteiger partial charge in [0.05, 0.1) is 25.7 Å². The summed E-state index contributed by atoms with van der Waals surface area (Å²) in [7, 11) is 3.77. The molecule has 5 rings (SSSR count). The average molecular weight is 660 g/mol. The van der Waals surface area contributed by atoms with E-state index in [2.05, 4.69) is 62.3 Å². The molecule has 47 heavy (non-hydrogen) atoms. The number of hydrogen-bond acceptors (Lipinski definition) is 5. The SMILES string of the molecule is CCC(C)Oc1cc2c(cc1OC)CC(=O)N(c1ccc(N(C)CC3CCC(NC(=O)CC(C)C)CC3)cc1)C2c1ccc(Cl)cc1. The molecule has 7 nitrogen and oxygen atoms in total. The van der Waals surface area contributed by atoms with Crippen LogP contribution in [0.3, 0.4) is 0 Å². The van der Waals surface area contributed by atoms with E-state index in [1.165, 1.54) is 0 Å². The molecule has 2 aliphatic rings. The minimum absolute atomic E-state index is 0.0208. The van der Waals surface area contributed by atoms with Crippen molar-refractivity contribution in [3.63, 3.8) is 0 Å². The number of carbonyl (C=O) groups is 2. The van der Waals surface area contributed by atoms with Crippen molar-refractivity contribution in [3.05, 3.63) is 82.4 Å². The highest BCUT2D eigenvalue weighted by Crippen LogP contribution is 2.44. The zero-order valence-corrected chi connectivity index (χ0v) is 29.5. The van der Waals surface area contributed by atoms with Crippen molar-refractivity contribution in [2.45, 2.75) is 90.8 Å². The van der Waals surface area contributed by atoms with E-state index >= 15 is 0 Å². The number of nitrogens with zero attached hydrogens (tertiary/aromatic N) is 2. The summed E-state index contributed by atoms with van der Waals surface area (Å²) >= 11 is 6.29. The van der Waals surface area contributed by atoms with E-state index < -0.39 is 0 Å². The Balaban J connectivity index is 1.35. The molecule has 1 N–H and O–H groups in total. The highest BCUT2D eigenvalue weighted by molar-refractivity contribution is 6.30. The summed E-state index contributed by atoms with van der Waals surface area (Å²) in [5.74, 6) is 2.47. The second kappa shape index (κ2) is 15.5. The standard InChI is InChI=1S/C39H50ClN3O4/c1-7-26(4)47-36-23-34-29(21-35(36)46-6)22-38(45)43(39(34)28-10-12-30(40)13-11-28)33-18-16-32(17-19-33)42(5)24-27-8-14-31(15-9-27)41-37(44)20-25(2)3/h10-13,16-19,21,23,25-27,31,39H,7-9,14-15,20,22,24H2,1-6H3,(H,41,44). The first-order chi connectivity index (χ1) is 22.6. The van der Waals surface area contributed by atoms with E-state index in [0.717, 1.165) is 66.7 Å². The highest BCUT2D eigenvalue weighted by Gasteiger charge is 2.36. The Hall–Kier alpha value is -3.71. The minimum Gasteiger partial charge on any atom is -0.493 e. The molecule has 3 aromatic rings. The topological polar surface area (TPSA) is 71.1 Å². The molecule has 0 radical (unpaired) electrons. The lowest BCUT2D eigenvalue weighted by molar-refractivity contribution is -0.122. The maximum atomic E-state index is 13.9. The highest BCUT2D eigenvalue weighted by atomic mass is 35.5. The number of rotatable bonds is 12. The maximum absolute atomic E-state index is 13.9. The van der Waals surface area contributed by atoms with Crippen molar-refractivity contribution in [1.29, 1.82) is 0 Å². The molecular weight excluding hydrogens is 610 g/mol. The molecule has 1 heterocycles. The molecular formula is C39H50ClN3O4. The second-order valence-corrected chi connectivity index (χ2v) is 14.1. The van der Waals surface area contributed by atoms with E-state index in [1.54, 1.807) is 7.11 Å². The number of hydrogen-bond donors (Lipinski definition) is 1. The van der Waals surface area contributed by atoms with Gasteiger partial charge in [-0.3, -0.25) is 9.59 Å². The zero-order valence-electron chi connectivity index (χ0n) is 28.7. The van der Waals surface area contributed by atoms with Gasteiger partial charge in [-0.25, -0.2) is 0 Å². The van der Waals surface area contributed by atoms with Crippen molar-refractivity contribution in [1.82, 2.24) is 5.32 Å². The summed E-state index contributed by atoms with van der Waals surface area (Å²) in [6.07, 6.45) is 6.01. The van der Waals surface area contributed by atoms with Gasteiger partial charge in [0.15, 0.2) is 11.5 Å². The van der Waals surface area contributed by atoms with E-state index in [4.69, 9.17) is 21.1 Å². The van der Waals surface area contributed by atoms with Crippen molar-refractivity contribution in [3.8, 4) is 11.5 Å². The minimum atomic E-state index is -0.353. The quantitative estimate of drug-likeness (QED) is 0.212. The Labute approximate surface area is 285 Å². The molecule has 2 amide bonds. The molecule has 2 atom stereocenters. The van der Waals surface area contributed by atoms with Gasteiger partial charge in [0, 0.05) is 42.5 Å². The summed E-state index contributed by atoms with van der Waals surface area (Å²) in [5.41, 5.74) is 4.88. The fourth-order valence-corrected chi connectivity index (χ4v) is 7.01. The van der Waals surface area contributed by atoms with E-state index in [0.29, 0.717) is 40.8 Å². The van der Waals surface area contributed by atoms with Crippen molar-refractivity contribution < 1.29 is 19.1 Å². The molecule has 8 heteroatoms. The number of carbonyl (C=O) groups excluding carboxylic acids is 2. The predicted octanol–water partition coefficient (Wildman–Crippen LogP) is 8.36. The van der Waals surface area contributed by atoms with Crippen LogP contribution in [0.15, 0.2) is 60.7 Å². The predicted molar refractivity (Wildman–Crippen MR) is 191 cm³/mol. The monoisotopic (exact) mass is 659 g/mol. The lowest BCUT2D eigenvalue weighted by Gasteiger charge is -2.38. The first kappa shape index (κ1) is 34.6. The number of halogens is 1. The van der Waals surface area contributed by atoms with Crippen molar-refractivity contribution >= 4 is 34.8 Å². The Bertz CT molecular complexity index is 1520. The Kier molecular flexibility index (Phi) is 11.4. The average Bonchev–Trinajstić information content (AvgIpc) is 3.05. The van der Waals surface area contributed by atoms with Crippen LogP contribution in [0.2, 0.25) is 5.02 Å². The van der Waals surface area contributed by atoms with Crippen LogP contribution < -0.4 is 24.6 Å². The molecule has 0 aromatic heterocycles. The normalized spacial score (nSPS) is 20.0. The lowest BCUT2D eigenvalue weighted by atomic mass is 9.85. The molecule has 252 valence electrons. The lowest BCUT2D eigenvalue weighted by Crippen LogP contribution is -2.41. The first-order valence-electron chi connectivity index (χ1n) is 17.1. The third-order valence-electron chi connectivity index (χ3n) is 9.58. The van der Waals surface area contributed by atoms with Gasteiger partial charge in [-0.15, -0.1) is 0 Å². The van der Waals surface area contributed by atoms with Crippen LogP contribution in [0.5, 0.6) is 11.5 Å². The number of nitrogens with one attached hydrogen (secondary N) is 1. The Morgan fingerprint density at radius 1 is 1.00 bits per heavy atom. The summed E-state index contributed by atoms with van der Waals surface area (Å²) in [6.45, 7) is 9.25. The molecule has 2 unspecified atom stereocenters. The Morgan fingerprint density at radius 2 is 1.68 bits per heavy atom. The largest absolute Gasteiger partial charge is 0.493 e.